The van der Waals surface area contributed by atoms with Crippen LogP contribution in [0.4, 0.5) is 0 Å². The average molecular weight is 395 g/mol. The number of nitrogens with zero attached hydrogens (tertiary/aromatic N) is 3. The second kappa shape index (κ2) is 10.5. The van der Waals surface area contributed by atoms with Crippen LogP contribution < -0.4 is 10.1 Å². The van der Waals surface area contributed by atoms with Crippen molar-refractivity contribution in [3.05, 3.63) is 52.5 Å². The van der Waals surface area contributed by atoms with Gasteiger partial charge in [0, 0.05) is 36.2 Å². The van der Waals surface area contributed by atoms with E-state index in [9.17, 15) is 10.1 Å². The average Bonchev–Trinajstić information content (AvgIpc) is 2.96. The Hall–Kier alpha value is -3.07. The molecule has 0 saturated heterocycles. The molecule has 6 nitrogen and oxygen atoms in total. The van der Waals surface area contributed by atoms with Gasteiger partial charge in [0.05, 0.1) is 6.61 Å². The van der Waals surface area contributed by atoms with E-state index in [0.29, 0.717) is 18.4 Å². The summed E-state index contributed by atoms with van der Waals surface area (Å²) < 4.78 is 7.84. The molecule has 154 valence electrons. The molecule has 0 aliphatic carbocycles. The van der Waals surface area contributed by atoms with Gasteiger partial charge in [-0.3, -0.25) is 4.79 Å². The molecule has 1 amide bonds. The molecule has 2 aromatic heterocycles. The molecular weight excluding hydrogens is 364 g/mol. The number of carbonyl (C=O) groups is 1. The summed E-state index contributed by atoms with van der Waals surface area (Å²) in [5.74, 6) is 0.611. The van der Waals surface area contributed by atoms with E-state index in [1.807, 2.05) is 39.0 Å². The van der Waals surface area contributed by atoms with Crippen LogP contribution in [0.1, 0.15) is 49.7 Å². The van der Waals surface area contributed by atoms with Crippen molar-refractivity contribution in [1.29, 1.82) is 5.26 Å². The number of hydrogen-bond acceptors (Lipinski definition) is 4. The second-order valence-electron chi connectivity index (χ2n) is 7.50. The normalized spacial score (nSPS) is 11.4. The van der Waals surface area contributed by atoms with Gasteiger partial charge < -0.3 is 14.6 Å². The van der Waals surface area contributed by atoms with Crippen molar-refractivity contribution < 1.29 is 9.53 Å². The van der Waals surface area contributed by atoms with E-state index >= 15 is 0 Å². The minimum absolute atomic E-state index is 0.0784. The number of amides is 1. The van der Waals surface area contributed by atoms with Gasteiger partial charge in [0.1, 0.15) is 11.6 Å². The Balaban J connectivity index is 2.15. The maximum Gasteiger partial charge on any atom is 0.262 e. The number of nitriles is 1. The number of rotatable bonds is 9. The topological polar surface area (TPSA) is 79.9 Å². The zero-order valence-electron chi connectivity index (χ0n) is 18.0. The van der Waals surface area contributed by atoms with Gasteiger partial charge in [0.15, 0.2) is 0 Å². The molecule has 0 spiro atoms. The molecule has 6 heteroatoms. The third-order valence-electron chi connectivity index (χ3n) is 4.56. The number of nitrogens with one attached hydrogen (secondary N) is 1. The molecular formula is C23H30N4O2. The maximum atomic E-state index is 12.6. The lowest BCUT2D eigenvalue weighted by atomic mass is 10.1. The van der Waals surface area contributed by atoms with Crippen molar-refractivity contribution in [2.75, 3.05) is 6.61 Å². The third kappa shape index (κ3) is 5.95. The van der Waals surface area contributed by atoms with Gasteiger partial charge in [-0.15, -0.1) is 0 Å². The van der Waals surface area contributed by atoms with E-state index in [1.54, 1.807) is 18.3 Å². The SMILES string of the molecule is CCCOc1ncccc1CNC(=O)/C(C#N)=C/c1cc(C)n(CC(C)C)c1C. The standard InChI is InChI=1S/C23H30N4O2/c1-6-10-29-23-19(8-7-9-25-23)14-26-22(28)21(13-24)12-20-11-17(4)27(18(20)5)15-16(2)3/h7-9,11-12,16H,6,10,14-15H2,1-5H3,(H,26,28)/b21-12+. The van der Waals surface area contributed by atoms with Crippen molar-refractivity contribution in [3.8, 4) is 11.9 Å². The molecule has 0 aromatic carbocycles. The molecule has 0 aliphatic rings. The highest BCUT2D eigenvalue weighted by molar-refractivity contribution is 6.01. The molecule has 0 bridgehead atoms. The van der Waals surface area contributed by atoms with E-state index in [4.69, 9.17) is 4.74 Å². The molecule has 0 fully saturated rings. The van der Waals surface area contributed by atoms with Crippen molar-refractivity contribution in [2.24, 2.45) is 5.92 Å². The summed E-state index contributed by atoms with van der Waals surface area (Å²) in [4.78, 5) is 16.8. The predicted octanol–water partition coefficient (Wildman–Crippen LogP) is 4.17. The van der Waals surface area contributed by atoms with E-state index in [1.165, 1.54) is 0 Å². The second-order valence-corrected chi connectivity index (χ2v) is 7.50. The molecule has 2 rings (SSSR count). The number of aromatic nitrogens is 2. The highest BCUT2D eigenvalue weighted by Gasteiger charge is 2.14. The minimum Gasteiger partial charge on any atom is -0.477 e. The third-order valence-corrected chi connectivity index (χ3v) is 4.56. The summed E-state index contributed by atoms with van der Waals surface area (Å²) in [5, 5.41) is 12.3. The lowest BCUT2D eigenvalue weighted by Gasteiger charge is -2.12. The molecule has 2 heterocycles. The Morgan fingerprint density at radius 3 is 2.83 bits per heavy atom. The molecule has 1 N–H and O–H groups in total. The molecule has 2 aromatic rings. The van der Waals surface area contributed by atoms with E-state index in [0.717, 1.165) is 35.5 Å². The Labute approximate surface area is 173 Å². The van der Waals surface area contributed by atoms with Crippen LogP contribution in [0.25, 0.3) is 6.08 Å². The lowest BCUT2D eigenvalue weighted by Crippen LogP contribution is -2.24. The van der Waals surface area contributed by atoms with E-state index in [-0.39, 0.29) is 12.1 Å². The predicted molar refractivity (Wildman–Crippen MR) is 114 cm³/mol. The fourth-order valence-corrected chi connectivity index (χ4v) is 3.08. The van der Waals surface area contributed by atoms with E-state index in [2.05, 4.69) is 28.7 Å². The molecule has 0 radical (unpaired) electrons. The number of aryl methyl sites for hydroxylation is 1. The highest BCUT2D eigenvalue weighted by atomic mass is 16.5. The summed E-state index contributed by atoms with van der Waals surface area (Å²) >= 11 is 0. The first-order valence-electron chi connectivity index (χ1n) is 10.0. The fourth-order valence-electron chi connectivity index (χ4n) is 3.08. The quantitative estimate of drug-likeness (QED) is 0.511. The molecule has 0 unspecified atom stereocenters. The zero-order chi connectivity index (χ0) is 21.4. The monoisotopic (exact) mass is 394 g/mol. The van der Waals surface area contributed by atoms with Crippen LogP contribution in [0.2, 0.25) is 0 Å². The Bertz CT molecular complexity index is 919. The van der Waals surface area contributed by atoms with Crippen LogP contribution in [-0.4, -0.2) is 22.1 Å². The first-order chi connectivity index (χ1) is 13.9. The molecule has 0 aliphatic heterocycles. The van der Waals surface area contributed by atoms with Gasteiger partial charge in [-0.1, -0.05) is 26.8 Å². The molecule has 29 heavy (non-hydrogen) atoms. The largest absolute Gasteiger partial charge is 0.477 e. The first-order valence-corrected chi connectivity index (χ1v) is 10.0. The summed E-state index contributed by atoms with van der Waals surface area (Å²) in [6.07, 6.45) is 4.19. The smallest absolute Gasteiger partial charge is 0.262 e. The number of hydrogen-bond donors (Lipinski definition) is 1. The van der Waals surface area contributed by atoms with Crippen LogP contribution in [0, 0.1) is 31.1 Å². The van der Waals surface area contributed by atoms with Gasteiger partial charge >= 0.3 is 0 Å². The molecule has 0 saturated carbocycles. The van der Waals surface area contributed by atoms with Crippen molar-refractivity contribution >= 4 is 12.0 Å². The zero-order valence-corrected chi connectivity index (χ0v) is 18.0. The van der Waals surface area contributed by atoms with Crippen molar-refractivity contribution in [1.82, 2.24) is 14.9 Å². The Morgan fingerprint density at radius 1 is 1.41 bits per heavy atom. The van der Waals surface area contributed by atoms with Gasteiger partial charge in [0.2, 0.25) is 5.88 Å². The van der Waals surface area contributed by atoms with Crippen molar-refractivity contribution in [3.63, 3.8) is 0 Å². The van der Waals surface area contributed by atoms with E-state index < -0.39 is 5.91 Å². The van der Waals surface area contributed by atoms with Gasteiger partial charge in [-0.05, 0) is 50.0 Å². The molecule has 0 atom stereocenters. The van der Waals surface area contributed by atoms with Crippen molar-refractivity contribution in [2.45, 2.75) is 54.1 Å². The summed E-state index contributed by atoms with van der Waals surface area (Å²) in [7, 11) is 0. The number of carbonyl (C=O) groups excluding carboxylic acids is 1. The van der Waals surface area contributed by atoms with Gasteiger partial charge in [-0.2, -0.15) is 5.26 Å². The summed E-state index contributed by atoms with van der Waals surface area (Å²) in [6.45, 7) is 12.1. The van der Waals surface area contributed by atoms with Gasteiger partial charge in [0.25, 0.3) is 5.91 Å². The highest BCUT2D eigenvalue weighted by Crippen LogP contribution is 2.20. The summed E-state index contributed by atoms with van der Waals surface area (Å²) in [6, 6.07) is 7.69. The number of ether oxygens (including phenoxy) is 1. The Kier molecular flexibility index (Phi) is 8.02. The maximum absolute atomic E-state index is 12.6. The Morgan fingerprint density at radius 2 is 2.17 bits per heavy atom. The van der Waals surface area contributed by atoms with Crippen LogP contribution >= 0.6 is 0 Å². The van der Waals surface area contributed by atoms with Crippen LogP contribution in [0.3, 0.4) is 0 Å². The van der Waals surface area contributed by atoms with Gasteiger partial charge in [-0.25, -0.2) is 4.98 Å². The van der Waals surface area contributed by atoms with Crippen LogP contribution in [-0.2, 0) is 17.9 Å². The van der Waals surface area contributed by atoms with Crippen LogP contribution in [0.5, 0.6) is 5.88 Å². The first kappa shape index (κ1) is 22.2. The lowest BCUT2D eigenvalue weighted by molar-refractivity contribution is -0.117. The number of pyridine rings is 1. The van der Waals surface area contributed by atoms with Crippen LogP contribution in [0.15, 0.2) is 30.0 Å². The summed E-state index contributed by atoms with van der Waals surface area (Å²) in [5.41, 5.74) is 3.92. The fraction of sp³-hybridized carbons (Fsp3) is 0.435. The minimum atomic E-state index is -0.411.